The van der Waals surface area contributed by atoms with Crippen LogP contribution in [0.15, 0.2) is 42.7 Å². The van der Waals surface area contributed by atoms with Crippen LogP contribution >= 0.6 is 0 Å². The predicted molar refractivity (Wildman–Crippen MR) is 87.3 cm³/mol. The van der Waals surface area contributed by atoms with Crippen molar-refractivity contribution in [1.29, 1.82) is 0 Å². The zero-order chi connectivity index (χ0) is 15.4. The van der Waals surface area contributed by atoms with Gasteiger partial charge in [-0.25, -0.2) is 4.98 Å². The minimum Gasteiger partial charge on any atom is -0.343 e. The van der Waals surface area contributed by atoms with Crippen molar-refractivity contribution in [3.05, 3.63) is 42.7 Å². The maximum atomic E-state index is 11.7. The van der Waals surface area contributed by atoms with E-state index in [1.807, 2.05) is 36.2 Å². The van der Waals surface area contributed by atoms with E-state index in [0.29, 0.717) is 12.3 Å². The molecule has 0 saturated carbocycles. The molecule has 0 unspecified atom stereocenters. The van der Waals surface area contributed by atoms with Gasteiger partial charge in [0.15, 0.2) is 0 Å². The number of nitrogens with zero attached hydrogens (tertiary/aromatic N) is 3. The van der Waals surface area contributed by atoms with Gasteiger partial charge in [0.05, 0.1) is 0 Å². The molecule has 0 radical (unpaired) electrons. The second kappa shape index (κ2) is 6.77. The van der Waals surface area contributed by atoms with Crippen LogP contribution in [-0.2, 0) is 11.3 Å². The van der Waals surface area contributed by atoms with Crippen molar-refractivity contribution in [3.63, 3.8) is 0 Å². The van der Waals surface area contributed by atoms with E-state index in [2.05, 4.69) is 27.9 Å². The lowest BCUT2D eigenvalue weighted by atomic mass is 9.96. The summed E-state index contributed by atoms with van der Waals surface area (Å²) in [5.41, 5.74) is 1.16. The first-order valence-electron chi connectivity index (χ1n) is 8.12. The van der Waals surface area contributed by atoms with Crippen molar-refractivity contribution in [1.82, 2.24) is 14.5 Å². The summed E-state index contributed by atoms with van der Waals surface area (Å²) < 4.78 is 2.25. The predicted octanol–water partition coefficient (Wildman–Crippen LogP) is 3.20. The maximum Gasteiger partial charge on any atom is 0.222 e. The highest BCUT2D eigenvalue weighted by atomic mass is 16.2. The lowest BCUT2D eigenvalue weighted by Gasteiger charge is -2.32. The maximum absolute atomic E-state index is 11.7. The van der Waals surface area contributed by atoms with Crippen LogP contribution in [0.25, 0.3) is 11.4 Å². The van der Waals surface area contributed by atoms with Gasteiger partial charge in [0.1, 0.15) is 5.82 Å². The van der Waals surface area contributed by atoms with E-state index >= 15 is 0 Å². The minimum absolute atomic E-state index is 0.283. The third-order valence-electron chi connectivity index (χ3n) is 4.47. The third-order valence-corrected chi connectivity index (χ3v) is 4.47. The Kier molecular flexibility index (Phi) is 4.56. The monoisotopic (exact) mass is 297 g/mol. The Balaban J connectivity index is 1.64. The lowest BCUT2D eigenvalue weighted by Crippen LogP contribution is -2.38. The standard InChI is InChI=1S/C18H23N3O/c1-2-17(22)20-11-8-15(9-12-20)14-21-13-10-19-18(21)16-6-4-3-5-7-16/h3-7,10,13,15H,2,8-9,11-12,14H2,1H3. The number of amides is 1. The van der Waals surface area contributed by atoms with Gasteiger partial charge in [-0.1, -0.05) is 37.3 Å². The van der Waals surface area contributed by atoms with Crippen LogP contribution < -0.4 is 0 Å². The molecule has 1 aromatic carbocycles. The zero-order valence-corrected chi connectivity index (χ0v) is 13.1. The van der Waals surface area contributed by atoms with E-state index < -0.39 is 0 Å². The number of aromatic nitrogens is 2. The second-order valence-corrected chi connectivity index (χ2v) is 5.95. The van der Waals surface area contributed by atoms with Crippen molar-refractivity contribution in [2.24, 2.45) is 5.92 Å². The summed E-state index contributed by atoms with van der Waals surface area (Å²) in [7, 11) is 0. The van der Waals surface area contributed by atoms with Crippen LogP contribution in [0.4, 0.5) is 0 Å². The number of benzene rings is 1. The van der Waals surface area contributed by atoms with Gasteiger partial charge in [0.2, 0.25) is 5.91 Å². The molecule has 0 bridgehead atoms. The average Bonchev–Trinajstić information content (AvgIpc) is 3.04. The molecule has 4 heteroatoms. The Morgan fingerprint density at radius 1 is 1.23 bits per heavy atom. The number of imidazole rings is 1. The van der Waals surface area contributed by atoms with Crippen molar-refractivity contribution >= 4 is 5.91 Å². The van der Waals surface area contributed by atoms with Gasteiger partial charge in [-0.3, -0.25) is 4.79 Å². The molecule has 3 rings (SSSR count). The highest BCUT2D eigenvalue weighted by molar-refractivity contribution is 5.75. The lowest BCUT2D eigenvalue weighted by molar-refractivity contribution is -0.132. The number of rotatable bonds is 4. The van der Waals surface area contributed by atoms with Gasteiger partial charge < -0.3 is 9.47 Å². The number of hydrogen-bond acceptors (Lipinski definition) is 2. The number of piperidine rings is 1. The van der Waals surface area contributed by atoms with Gasteiger partial charge >= 0.3 is 0 Å². The largest absolute Gasteiger partial charge is 0.343 e. The fourth-order valence-corrected chi connectivity index (χ4v) is 3.17. The smallest absolute Gasteiger partial charge is 0.222 e. The summed E-state index contributed by atoms with van der Waals surface area (Å²) in [6.45, 7) is 4.71. The Hall–Kier alpha value is -2.10. The van der Waals surface area contributed by atoms with Gasteiger partial charge in [-0.15, -0.1) is 0 Å². The molecular formula is C18H23N3O. The van der Waals surface area contributed by atoms with Gasteiger partial charge in [-0.05, 0) is 18.8 Å². The van der Waals surface area contributed by atoms with E-state index in [1.54, 1.807) is 0 Å². The molecule has 2 heterocycles. The SMILES string of the molecule is CCC(=O)N1CCC(Cn2ccnc2-c2ccccc2)CC1. The Morgan fingerprint density at radius 2 is 1.95 bits per heavy atom. The summed E-state index contributed by atoms with van der Waals surface area (Å²) in [5, 5.41) is 0. The molecule has 1 aliphatic heterocycles. The molecular weight excluding hydrogens is 274 g/mol. The van der Waals surface area contributed by atoms with E-state index in [1.165, 1.54) is 0 Å². The molecule has 0 atom stereocenters. The summed E-state index contributed by atoms with van der Waals surface area (Å²) in [6, 6.07) is 10.3. The van der Waals surface area contributed by atoms with Crippen molar-refractivity contribution in [3.8, 4) is 11.4 Å². The minimum atomic E-state index is 0.283. The molecule has 1 saturated heterocycles. The fraction of sp³-hybridized carbons (Fsp3) is 0.444. The summed E-state index contributed by atoms with van der Waals surface area (Å²) in [5.74, 6) is 1.94. The Bertz CT molecular complexity index is 612. The first-order valence-corrected chi connectivity index (χ1v) is 8.12. The molecule has 1 fully saturated rings. The van der Waals surface area contributed by atoms with Crippen LogP contribution in [0.2, 0.25) is 0 Å². The summed E-state index contributed by atoms with van der Waals surface area (Å²) >= 11 is 0. The molecule has 22 heavy (non-hydrogen) atoms. The average molecular weight is 297 g/mol. The van der Waals surface area contributed by atoms with E-state index in [0.717, 1.165) is 43.9 Å². The van der Waals surface area contributed by atoms with Crippen LogP contribution in [-0.4, -0.2) is 33.4 Å². The van der Waals surface area contributed by atoms with Gasteiger partial charge in [0, 0.05) is 44.0 Å². The van der Waals surface area contributed by atoms with Crippen molar-refractivity contribution in [2.75, 3.05) is 13.1 Å². The van der Waals surface area contributed by atoms with Crippen LogP contribution in [0.1, 0.15) is 26.2 Å². The molecule has 0 aliphatic carbocycles. The Labute approximate surface area is 131 Å². The third kappa shape index (κ3) is 3.21. The highest BCUT2D eigenvalue weighted by Crippen LogP contribution is 2.23. The first kappa shape index (κ1) is 14.8. The quantitative estimate of drug-likeness (QED) is 0.869. The zero-order valence-electron chi connectivity index (χ0n) is 13.1. The van der Waals surface area contributed by atoms with Crippen molar-refractivity contribution in [2.45, 2.75) is 32.7 Å². The molecule has 0 spiro atoms. The summed E-state index contributed by atoms with van der Waals surface area (Å²) in [6.07, 6.45) is 6.71. The number of carbonyl (C=O) groups is 1. The van der Waals surface area contributed by atoms with Crippen LogP contribution in [0.3, 0.4) is 0 Å². The van der Waals surface area contributed by atoms with Crippen molar-refractivity contribution < 1.29 is 4.79 Å². The number of hydrogen-bond donors (Lipinski definition) is 0. The van der Waals surface area contributed by atoms with E-state index in [4.69, 9.17) is 0 Å². The molecule has 1 aliphatic rings. The molecule has 2 aromatic rings. The first-order chi connectivity index (χ1) is 10.8. The van der Waals surface area contributed by atoms with Gasteiger partial charge in [0.25, 0.3) is 0 Å². The molecule has 1 amide bonds. The van der Waals surface area contributed by atoms with Crippen LogP contribution in [0, 0.1) is 5.92 Å². The topological polar surface area (TPSA) is 38.1 Å². The Morgan fingerprint density at radius 3 is 2.64 bits per heavy atom. The van der Waals surface area contributed by atoms with Gasteiger partial charge in [-0.2, -0.15) is 0 Å². The van der Waals surface area contributed by atoms with E-state index in [-0.39, 0.29) is 5.91 Å². The summed E-state index contributed by atoms with van der Waals surface area (Å²) in [4.78, 5) is 18.2. The van der Waals surface area contributed by atoms with Crippen LogP contribution in [0.5, 0.6) is 0 Å². The molecule has 1 aromatic heterocycles. The molecule has 0 N–H and O–H groups in total. The second-order valence-electron chi connectivity index (χ2n) is 5.95. The van der Waals surface area contributed by atoms with E-state index in [9.17, 15) is 4.79 Å². The highest BCUT2D eigenvalue weighted by Gasteiger charge is 2.22. The molecule has 116 valence electrons. The number of likely N-dealkylation sites (tertiary alicyclic amines) is 1. The molecule has 4 nitrogen and oxygen atoms in total. The fourth-order valence-electron chi connectivity index (χ4n) is 3.17. The number of carbonyl (C=O) groups excluding carboxylic acids is 1. The normalized spacial score (nSPS) is 16.0.